The lowest BCUT2D eigenvalue weighted by Crippen LogP contribution is -2.03. The molecule has 0 aliphatic carbocycles. The van der Waals surface area contributed by atoms with Crippen LogP contribution < -0.4 is 0 Å². The van der Waals surface area contributed by atoms with E-state index in [9.17, 15) is 13.6 Å². The minimum absolute atomic E-state index is 0.00445. The number of hydrogen-bond acceptors (Lipinski definition) is 2. The number of carbonyl (C=O) groups is 1. The lowest BCUT2D eigenvalue weighted by Gasteiger charge is -2.03. The third-order valence-corrected chi connectivity index (χ3v) is 4.07. The highest BCUT2D eigenvalue weighted by molar-refractivity contribution is 9.10. The molecule has 0 saturated carbocycles. The highest BCUT2D eigenvalue weighted by Crippen LogP contribution is 2.30. The van der Waals surface area contributed by atoms with Gasteiger partial charge in [0.2, 0.25) is 5.78 Å². The second-order valence-electron chi connectivity index (χ2n) is 4.32. The van der Waals surface area contributed by atoms with Crippen LogP contribution in [0.4, 0.5) is 8.78 Å². The largest absolute Gasteiger partial charge is 0.451 e. The molecule has 0 aliphatic heterocycles. The summed E-state index contributed by atoms with van der Waals surface area (Å²) in [6, 6.07) is 8.69. The Kier molecular flexibility index (Phi) is 3.55. The zero-order valence-electron chi connectivity index (χ0n) is 10.3. The van der Waals surface area contributed by atoms with Crippen molar-refractivity contribution in [2.24, 2.45) is 0 Å². The molecule has 0 amide bonds. The Labute approximate surface area is 131 Å². The first-order chi connectivity index (χ1) is 9.99. The predicted molar refractivity (Wildman–Crippen MR) is 78.7 cm³/mol. The smallest absolute Gasteiger partial charge is 0.229 e. The molecule has 0 saturated heterocycles. The van der Waals surface area contributed by atoms with E-state index in [1.165, 1.54) is 12.1 Å². The molecule has 106 valence electrons. The summed E-state index contributed by atoms with van der Waals surface area (Å²) in [7, 11) is 0. The standard InChI is InChI=1S/C15H6BrClF2O2/c16-12-8(4-5-10(18)13(12)19)14(20)11-6-7-2-1-3-9(17)15(7)21-11/h1-6H. The van der Waals surface area contributed by atoms with E-state index in [0.29, 0.717) is 16.0 Å². The first-order valence-electron chi connectivity index (χ1n) is 5.85. The van der Waals surface area contributed by atoms with Crippen molar-refractivity contribution in [3.63, 3.8) is 0 Å². The lowest BCUT2D eigenvalue weighted by atomic mass is 10.1. The van der Waals surface area contributed by atoms with Crippen LogP contribution in [0.2, 0.25) is 5.02 Å². The van der Waals surface area contributed by atoms with Crippen molar-refractivity contribution in [1.29, 1.82) is 0 Å². The summed E-state index contributed by atoms with van der Waals surface area (Å²) < 4.78 is 31.8. The van der Waals surface area contributed by atoms with E-state index in [1.807, 2.05) is 0 Å². The van der Waals surface area contributed by atoms with Gasteiger partial charge < -0.3 is 4.42 Å². The van der Waals surface area contributed by atoms with Crippen molar-refractivity contribution in [2.75, 3.05) is 0 Å². The zero-order chi connectivity index (χ0) is 15.1. The summed E-state index contributed by atoms with van der Waals surface area (Å²) >= 11 is 8.86. The number of carbonyl (C=O) groups excluding carboxylic acids is 1. The van der Waals surface area contributed by atoms with Crippen LogP contribution in [0.3, 0.4) is 0 Å². The van der Waals surface area contributed by atoms with Crippen molar-refractivity contribution in [3.05, 3.63) is 68.9 Å². The first kappa shape index (κ1) is 14.2. The van der Waals surface area contributed by atoms with Crippen LogP contribution in [-0.2, 0) is 0 Å². The van der Waals surface area contributed by atoms with Gasteiger partial charge in [0.05, 0.1) is 9.50 Å². The van der Waals surface area contributed by atoms with Gasteiger partial charge in [0.25, 0.3) is 0 Å². The van der Waals surface area contributed by atoms with Crippen LogP contribution in [0, 0.1) is 11.6 Å². The van der Waals surface area contributed by atoms with Crippen LogP contribution in [0.15, 0.2) is 45.3 Å². The van der Waals surface area contributed by atoms with Gasteiger partial charge in [-0.25, -0.2) is 8.78 Å². The zero-order valence-corrected chi connectivity index (χ0v) is 12.6. The molecule has 0 atom stereocenters. The van der Waals surface area contributed by atoms with E-state index >= 15 is 0 Å². The molecule has 0 radical (unpaired) electrons. The minimum Gasteiger partial charge on any atom is -0.451 e. The monoisotopic (exact) mass is 370 g/mol. The lowest BCUT2D eigenvalue weighted by molar-refractivity contribution is 0.101. The molecule has 1 heterocycles. The van der Waals surface area contributed by atoms with E-state index in [2.05, 4.69) is 15.9 Å². The number of para-hydroxylation sites is 1. The van der Waals surface area contributed by atoms with Gasteiger partial charge in [-0.3, -0.25) is 4.79 Å². The van der Waals surface area contributed by atoms with Crippen LogP contribution in [0.25, 0.3) is 11.0 Å². The number of rotatable bonds is 2. The third kappa shape index (κ3) is 2.36. The van der Waals surface area contributed by atoms with Crippen molar-refractivity contribution in [1.82, 2.24) is 0 Å². The van der Waals surface area contributed by atoms with Gasteiger partial charge in [-0.05, 0) is 40.2 Å². The summed E-state index contributed by atoms with van der Waals surface area (Å²) in [5.41, 5.74) is 0.352. The van der Waals surface area contributed by atoms with Gasteiger partial charge in [0, 0.05) is 10.9 Å². The topological polar surface area (TPSA) is 30.2 Å². The molecule has 0 spiro atoms. The van der Waals surface area contributed by atoms with Crippen LogP contribution in [-0.4, -0.2) is 5.78 Å². The summed E-state index contributed by atoms with van der Waals surface area (Å²) in [6.07, 6.45) is 0. The van der Waals surface area contributed by atoms with E-state index < -0.39 is 17.4 Å². The summed E-state index contributed by atoms with van der Waals surface area (Å²) in [5, 5.41) is 1.03. The Bertz CT molecular complexity index is 873. The third-order valence-electron chi connectivity index (χ3n) is 3.00. The Morgan fingerprint density at radius 1 is 1.19 bits per heavy atom. The maximum absolute atomic E-state index is 13.5. The molecule has 6 heteroatoms. The maximum atomic E-state index is 13.5. The fraction of sp³-hybridized carbons (Fsp3) is 0. The van der Waals surface area contributed by atoms with Gasteiger partial charge in [-0.2, -0.15) is 0 Å². The molecule has 3 aromatic rings. The highest BCUT2D eigenvalue weighted by Gasteiger charge is 2.21. The molecule has 3 rings (SSSR count). The maximum Gasteiger partial charge on any atom is 0.229 e. The molecule has 0 bridgehead atoms. The van der Waals surface area contributed by atoms with Crippen molar-refractivity contribution in [2.45, 2.75) is 0 Å². The summed E-state index contributed by atoms with van der Waals surface area (Å²) in [4.78, 5) is 12.4. The van der Waals surface area contributed by atoms with Gasteiger partial charge in [-0.1, -0.05) is 23.7 Å². The fourth-order valence-electron chi connectivity index (χ4n) is 1.97. The highest BCUT2D eigenvalue weighted by atomic mass is 79.9. The quantitative estimate of drug-likeness (QED) is 0.448. The summed E-state index contributed by atoms with van der Waals surface area (Å²) in [5.74, 6) is -2.71. The second-order valence-corrected chi connectivity index (χ2v) is 5.52. The van der Waals surface area contributed by atoms with Gasteiger partial charge in [0.15, 0.2) is 23.0 Å². The van der Waals surface area contributed by atoms with Gasteiger partial charge in [0.1, 0.15) is 0 Å². The number of fused-ring (bicyclic) bond motifs is 1. The molecule has 2 aromatic carbocycles. The predicted octanol–water partition coefficient (Wildman–Crippen LogP) is 5.36. The normalized spacial score (nSPS) is 11.0. The van der Waals surface area contributed by atoms with Crippen LogP contribution in [0.5, 0.6) is 0 Å². The first-order valence-corrected chi connectivity index (χ1v) is 7.02. The molecule has 0 fully saturated rings. The molecule has 0 unspecified atom stereocenters. The van der Waals surface area contributed by atoms with E-state index in [0.717, 1.165) is 6.07 Å². The van der Waals surface area contributed by atoms with Crippen molar-refractivity contribution >= 4 is 44.3 Å². The fourth-order valence-corrected chi connectivity index (χ4v) is 2.70. The van der Waals surface area contributed by atoms with Gasteiger partial charge >= 0.3 is 0 Å². The Hall–Kier alpha value is -1.72. The van der Waals surface area contributed by atoms with E-state index in [1.54, 1.807) is 18.2 Å². The van der Waals surface area contributed by atoms with Crippen LogP contribution in [0.1, 0.15) is 16.1 Å². The molecule has 1 aromatic heterocycles. The van der Waals surface area contributed by atoms with E-state index in [4.69, 9.17) is 16.0 Å². The molecule has 21 heavy (non-hydrogen) atoms. The van der Waals surface area contributed by atoms with Crippen LogP contribution >= 0.6 is 27.5 Å². The average Bonchev–Trinajstić information content (AvgIpc) is 2.90. The molecule has 0 N–H and O–H groups in total. The number of ketones is 1. The SMILES string of the molecule is O=C(c1cc2cccc(Cl)c2o1)c1ccc(F)c(F)c1Br. The number of hydrogen-bond donors (Lipinski definition) is 0. The molecular weight excluding hydrogens is 366 g/mol. The Morgan fingerprint density at radius 3 is 2.67 bits per heavy atom. The Morgan fingerprint density at radius 2 is 1.95 bits per heavy atom. The molecular formula is C15H6BrClF2O2. The van der Waals surface area contributed by atoms with Crippen molar-refractivity contribution in [3.8, 4) is 0 Å². The van der Waals surface area contributed by atoms with Crippen molar-refractivity contribution < 1.29 is 18.0 Å². The second kappa shape index (κ2) is 5.24. The van der Waals surface area contributed by atoms with E-state index in [-0.39, 0.29) is 15.8 Å². The van der Waals surface area contributed by atoms with Gasteiger partial charge in [-0.15, -0.1) is 0 Å². The number of furan rings is 1. The summed E-state index contributed by atoms with van der Waals surface area (Å²) in [6.45, 7) is 0. The minimum atomic E-state index is -1.12. The number of halogens is 4. The average molecular weight is 372 g/mol. The molecule has 2 nitrogen and oxygen atoms in total. The molecule has 0 aliphatic rings. The Balaban J connectivity index is 2.13. The number of benzene rings is 2.